The Morgan fingerprint density at radius 1 is 1.04 bits per heavy atom. The molecule has 0 saturated heterocycles. The molecule has 0 unspecified atom stereocenters. The van der Waals surface area contributed by atoms with Crippen LogP contribution in [0.25, 0.3) is 0 Å². The summed E-state index contributed by atoms with van der Waals surface area (Å²) in [6.45, 7) is 3.85. The van der Waals surface area contributed by atoms with Crippen molar-refractivity contribution in [3.05, 3.63) is 59.7 Å². The maximum absolute atomic E-state index is 12.3. The van der Waals surface area contributed by atoms with E-state index in [0.717, 1.165) is 0 Å². The van der Waals surface area contributed by atoms with Crippen molar-refractivity contribution in [3.63, 3.8) is 0 Å². The molecule has 0 aliphatic rings. The van der Waals surface area contributed by atoms with Crippen molar-refractivity contribution in [2.75, 3.05) is 12.4 Å². The number of esters is 1. The van der Waals surface area contributed by atoms with E-state index in [9.17, 15) is 9.59 Å². The summed E-state index contributed by atoms with van der Waals surface area (Å²) in [6, 6.07) is 13.5. The summed E-state index contributed by atoms with van der Waals surface area (Å²) in [6.07, 6.45) is 0.0568. The smallest absolute Gasteiger partial charge is 0.339 e. The minimum atomic E-state index is -0.497. The molecule has 0 atom stereocenters. The normalized spacial score (nSPS) is 10.2. The lowest BCUT2D eigenvalue weighted by molar-refractivity contribution is 0.0602. The van der Waals surface area contributed by atoms with Crippen molar-refractivity contribution >= 4 is 34.9 Å². The summed E-state index contributed by atoms with van der Waals surface area (Å²) >= 11 is 5.16. The van der Waals surface area contributed by atoms with Gasteiger partial charge in [0, 0.05) is 5.56 Å². The standard InChI is InChI=1S/C19H20N2O4S/c1-12(2)25-14-10-8-13(9-11-14)17(22)21-19(26)20-16-7-5-4-6-15(16)18(23)24-3/h4-12H,1-3H3,(H2,20,21,22,26). The number of carbonyl (C=O) groups is 2. The Labute approximate surface area is 157 Å². The Morgan fingerprint density at radius 2 is 1.69 bits per heavy atom. The number of anilines is 1. The van der Waals surface area contributed by atoms with Gasteiger partial charge in [-0.15, -0.1) is 0 Å². The zero-order chi connectivity index (χ0) is 19.1. The van der Waals surface area contributed by atoms with E-state index in [-0.39, 0.29) is 17.1 Å². The molecule has 2 N–H and O–H groups in total. The number of methoxy groups -OCH3 is 1. The van der Waals surface area contributed by atoms with Gasteiger partial charge in [-0.2, -0.15) is 0 Å². The predicted molar refractivity (Wildman–Crippen MR) is 104 cm³/mol. The fourth-order valence-electron chi connectivity index (χ4n) is 2.17. The average Bonchev–Trinajstić information content (AvgIpc) is 2.61. The number of thiocarbonyl (C=S) groups is 1. The zero-order valence-electron chi connectivity index (χ0n) is 14.7. The molecule has 0 heterocycles. The van der Waals surface area contributed by atoms with Crippen LogP contribution in [0.4, 0.5) is 5.69 Å². The number of ether oxygens (including phenoxy) is 2. The van der Waals surface area contributed by atoms with Gasteiger partial charge in [-0.1, -0.05) is 12.1 Å². The second-order valence-electron chi connectivity index (χ2n) is 5.64. The van der Waals surface area contributed by atoms with Crippen LogP contribution in [0.5, 0.6) is 5.75 Å². The molecule has 6 nitrogen and oxygen atoms in total. The van der Waals surface area contributed by atoms with Gasteiger partial charge in [-0.25, -0.2) is 4.79 Å². The SMILES string of the molecule is COC(=O)c1ccccc1NC(=S)NC(=O)c1ccc(OC(C)C)cc1. The van der Waals surface area contributed by atoms with Crippen LogP contribution in [0.1, 0.15) is 34.6 Å². The van der Waals surface area contributed by atoms with E-state index in [1.54, 1.807) is 48.5 Å². The highest BCUT2D eigenvalue weighted by atomic mass is 32.1. The molecular formula is C19H20N2O4S. The Hall–Kier alpha value is -2.93. The van der Waals surface area contributed by atoms with Crippen LogP contribution in [0.15, 0.2) is 48.5 Å². The van der Waals surface area contributed by atoms with Crippen LogP contribution >= 0.6 is 12.2 Å². The van der Waals surface area contributed by atoms with E-state index in [1.165, 1.54) is 7.11 Å². The second-order valence-corrected chi connectivity index (χ2v) is 6.04. The minimum absolute atomic E-state index is 0.0568. The zero-order valence-corrected chi connectivity index (χ0v) is 15.6. The third-order valence-corrected chi connectivity index (χ3v) is 3.50. The van der Waals surface area contributed by atoms with Gasteiger partial charge in [0.25, 0.3) is 5.91 Å². The molecule has 0 aliphatic carbocycles. The van der Waals surface area contributed by atoms with Crippen molar-refractivity contribution in [2.45, 2.75) is 20.0 Å². The van der Waals surface area contributed by atoms with Crippen LogP contribution < -0.4 is 15.4 Å². The molecule has 0 spiro atoms. The molecule has 2 aromatic rings. The summed E-state index contributed by atoms with van der Waals surface area (Å²) in [5, 5.41) is 5.49. The summed E-state index contributed by atoms with van der Waals surface area (Å²) in [5.74, 6) is -0.179. The molecule has 2 aromatic carbocycles. The highest BCUT2D eigenvalue weighted by Crippen LogP contribution is 2.16. The lowest BCUT2D eigenvalue weighted by Gasteiger charge is -2.13. The number of carbonyl (C=O) groups excluding carboxylic acids is 2. The van der Waals surface area contributed by atoms with Crippen LogP contribution in [-0.4, -0.2) is 30.2 Å². The molecule has 2 rings (SSSR count). The maximum atomic E-state index is 12.3. The van der Waals surface area contributed by atoms with Gasteiger partial charge in [0.05, 0.1) is 24.5 Å². The quantitative estimate of drug-likeness (QED) is 0.619. The minimum Gasteiger partial charge on any atom is -0.491 e. The lowest BCUT2D eigenvalue weighted by Crippen LogP contribution is -2.34. The lowest BCUT2D eigenvalue weighted by atomic mass is 10.2. The van der Waals surface area contributed by atoms with Crippen molar-refractivity contribution in [1.29, 1.82) is 0 Å². The second kappa shape index (κ2) is 8.96. The third kappa shape index (κ3) is 5.29. The van der Waals surface area contributed by atoms with E-state index >= 15 is 0 Å². The fourth-order valence-corrected chi connectivity index (χ4v) is 2.37. The molecule has 0 radical (unpaired) electrons. The van der Waals surface area contributed by atoms with Gasteiger partial charge in [0.2, 0.25) is 0 Å². The Morgan fingerprint density at radius 3 is 2.31 bits per heavy atom. The molecule has 7 heteroatoms. The molecule has 136 valence electrons. The van der Waals surface area contributed by atoms with Crippen molar-refractivity contribution in [1.82, 2.24) is 5.32 Å². The number of hydrogen-bond donors (Lipinski definition) is 2. The number of amides is 1. The number of benzene rings is 2. The molecular weight excluding hydrogens is 352 g/mol. The van der Waals surface area contributed by atoms with E-state index in [4.69, 9.17) is 21.7 Å². The van der Waals surface area contributed by atoms with Crippen LogP contribution in [-0.2, 0) is 4.74 Å². The molecule has 0 aliphatic heterocycles. The molecule has 0 fully saturated rings. The number of para-hydroxylation sites is 1. The summed E-state index contributed by atoms with van der Waals surface area (Å²) < 4.78 is 10.3. The van der Waals surface area contributed by atoms with Crippen molar-refractivity contribution < 1.29 is 19.1 Å². The van der Waals surface area contributed by atoms with Gasteiger partial charge in [-0.3, -0.25) is 10.1 Å². The molecule has 0 bridgehead atoms. The van der Waals surface area contributed by atoms with Gasteiger partial charge in [0.1, 0.15) is 5.75 Å². The summed E-state index contributed by atoms with van der Waals surface area (Å²) in [4.78, 5) is 24.0. The monoisotopic (exact) mass is 372 g/mol. The van der Waals surface area contributed by atoms with Crippen molar-refractivity contribution in [2.24, 2.45) is 0 Å². The number of nitrogens with one attached hydrogen (secondary N) is 2. The average molecular weight is 372 g/mol. The van der Waals surface area contributed by atoms with Crippen molar-refractivity contribution in [3.8, 4) is 5.75 Å². The first-order valence-electron chi connectivity index (χ1n) is 7.97. The molecule has 1 amide bonds. The topological polar surface area (TPSA) is 76.7 Å². The first kappa shape index (κ1) is 19.4. The third-order valence-electron chi connectivity index (χ3n) is 3.30. The summed E-state index contributed by atoms with van der Waals surface area (Å²) in [5.41, 5.74) is 1.21. The van der Waals surface area contributed by atoms with E-state index in [0.29, 0.717) is 22.6 Å². The van der Waals surface area contributed by atoms with E-state index < -0.39 is 5.97 Å². The highest BCUT2D eigenvalue weighted by Gasteiger charge is 2.13. The Kier molecular flexibility index (Phi) is 6.68. The number of hydrogen-bond acceptors (Lipinski definition) is 5. The van der Waals surface area contributed by atoms with Crippen LogP contribution in [0.3, 0.4) is 0 Å². The van der Waals surface area contributed by atoms with Gasteiger partial charge in [0.15, 0.2) is 5.11 Å². The molecule has 0 saturated carbocycles. The van der Waals surface area contributed by atoms with Gasteiger partial charge >= 0.3 is 5.97 Å². The van der Waals surface area contributed by atoms with Crippen LogP contribution in [0.2, 0.25) is 0 Å². The van der Waals surface area contributed by atoms with E-state index in [1.807, 2.05) is 13.8 Å². The van der Waals surface area contributed by atoms with E-state index in [2.05, 4.69) is 10.6 Å². The number of rotatable bonds is 5. The molecule has 26 heavy (non-hydrogen) atoms. The highest BCUT2D eigenvalue weighted by molar-refractivity contribution is 7.80. The maximum Gasteiger partial charge on any atom is 0.339 e. The first-order chi connectivity index (χ1) is 12.4. The predicted octanol–water partition coefficient (Wildman–Crippen LogP) is 3.39. The largest absolute Gasteiger partial charge is 0.491 e. The molecule has 0 aromatic heterocycles. The fraction of sp³-hybridized carbons (Fsp3) is 0.211. The summed E-state index contributed by atoms with van der Waals surface area (Å²) in [7, 11) is 1.30. The first-order valence-corrected chi connectivity index (χ1v) is 8.38. The Balaban J connectivity index is 2.02. The van der Waals surface area contributed by atoms with Crippen LogP contribution in [0, 0.1) is 0 Å². The van der Waals surface area contributed by atoms with Gasteiger partial charge < -0.3 is 14.8 Å². The Bertz CT molecular complexity index is 803. The van der Waals surface area contributed by atoms with Gasteiger partial charge in [-0.05, 0) is 62.5 Å².